The SMILES string of the molecule is Cc1cnc(NCC[C@@H]2CCOC23CN(C(=O)C2CCOCC2)C3)nc1. The van der Waals surface area contributed by atoms with E-state index in [1.54, 1.807) is 0 Å². The summed E-state index contributed by atoms with van der Waals surface area (Å²) in [5.74, 6) is 1.59. The standard InChI is InChI=1S/C19H28N4O3/c1-14-10-21-18(22-11-14)20-6-2-16-5-9-26-19(16)12-23(13-19)17(24)15-3-7-25-8-4-15/h10-11,15-16H,2-9,12-13H2,1H3,(H,20,21,22)/t16-/m1/s1. The molecule has 26 heavy (non-hydrogen) atoms. The van der Waals surface area contributed by atoms with Crippen LogP contribution in [0.25, 0.3) is 0 Å². The monoisotopic (exact) mass is 360 g/mol. The highest BCUT2D eigenvalue weighted by molar-refractivity contribution is 5.80. The predicted octanol–water partition coefficient (Wildman–Crippen LogP) is 1.63. The number of hydrogen-bond donors (Lipinski definition) is 1. The van der Waals surface area contributed by atoms with E-state index >= 15 is 0 Å². The molecule has 1 spiro atoms. The van der Waals surface area contributed by atoms with Crippen molar-refractivity contribution < 1.29 is 14.3 Å². The molecule has 0 saturated carbocycles. The fourth-order valence-electron chi connectivity index (χ4n) is 4.34. The minimum absolute atomic E-state index is 0.128. The largest absolute Gasteiger partial charge is 0.381 e. The molecule has 4 rings (SSSR count). The molecular weight excluding hydrogens is 332 g/mol. The molecule has 0 aliphatic carbocycles. The van der Waals surface area contributed by atoms with Crippen molar-refractivity contribution in [2.75, 3.05) is 44.8 Å². The third-order valence-corrected chi connectivity index (χ3v) is 5.96. The number of carbonyl (C=O) groups is 1. The van der Waals surface area contributed by atoms with Crippen molar-refractivity contribution in [3.63, 3.8) is 0 Å². The van der Waals surface area contributed by atoms with Crippen LogP contribution >= 0.6 is 0 Å². The molecular formula is C19H28N4O3. The summed E-state index contributed by atoms with van der Waals surface area (Å²) in [6.45, 7) is 6.51. The molecule has 4 heterocycles. The van der Waals surface area contributed by atoms with Crippen LogP contribution in [0, 0.1) is 18.8 Å². The Balaban J connectivity index is 1.26. The summed E-state index contributed by atoms with van der Waals surface area (Å²) < 4.78 is 11.5. The Labute approximate surface area is 154 Å². The van der Waals surface area contributed by atoms with Crippen molar-refractivity contribution in [2.45, 2.75) is 38.2 Å². The lowest BCUT2D eigenvalue weighted by molar-refractivity contribution is -0.171. The Kier molecular flexibility index (Phi) is 5.09. The minimum atomic E-state index is -0.128. The third kappa shape index (κ3) is 3.55. The van der Waals surface area contributed by atoms with E-state index in [1.807, 2.05) is 24.2 Å². The van der Waals surface area contributed by atoms with Gasteiger partial charge in [-0.3, -0.25) is 4.79 Å². The summed E-state index contributed by atoms with van der Waals surface area (Å²) in [4.78, 5) is 23.2. The molecule has 142 valence electrons. The number of likely N-dealkylation sites (tertiary alicyclic amines) is 1. The Morgan fingerprint density at radius 1 is 1.23 bits per heavy atom. The third-order valence-electron chi connectivity index (χ3n) is 5.96. The maximum absolute atomic E-state index is 12.6. The number of aryl methyl sites for hydroxylation is 1. The zero-order valence-corrected chi connectivity index (χ0v) is 15.4. The first-order valence-electron chi connectivity index (χ1n) is 9.69. The van der Waals surface area contributed by atoms with Crippen LogP contribution in [-0.2, 0) is 14.3 Å². The number of amides is 1. The predicted molar refractivity (Wildman–Crippen MR) is 96.8 cm³/mol. The average molecular weight is 360 g/mol. The Morgan fingerprint density at radius 3 is 2.69 bits per heavy atom. The molecule has 1 amide bonds. The fraction of sp³-hybridized carbons (Fsp3) is 0.737. The molecule has 3 fully saturated rings. The zero-order chi connectivity index (χ0) is 18.0. The molecule has 0 aromatic carbocycles. The van der Waals surface area contributed by atoms with Gasteiger partial charge in [-0.1, -0.05) is 0 Å². The molecule has 7 nitrogen and oxygen atoms in total. The average Bonchev–Trinajstić information content (AvgIpc) is 3.06. The van der Waals surface area contributed by atoms with Gasteiger partial charge in [-0.25, -0.2) is 9.97 Å². The molecule has 1 atom stereocenters. The van der Waals surface area contributed by atoms with Crippen molar-refractivity contribution in [1.29, 1.82) is 0 Å². The Hall–Kier alpha value is -1.73. The highest BCUT2D eigenvalue weighted by Crippen LogP contribution is 2.42. The molecule has 3 saturated heterocycles. The van der Waals surface area contributed by atoms with E-state index in [0.29, 0.717) is 31.0 Å². The smallest absolute Gasteiger partial charge is 0.226 e. The second-order valence-electron chi connectivity index (χ2n) is 7.78. The number of hydrogen-bond acceptors (Lipinski definition) is 6. The topological polar surface area (TPSA) is 76.6 Å². The van der Waals surface area contributed by atoms with Crippen LogP contribution in [0.2, 0.25) is 0 Å². The summed E-state index contributed by atoms with van der Waals surface area (Å²) >= 11 is 0. The fourth-order valence-corrected chi connectivity index (χ4v) is 4.34. The van der Waals surface area contributed by atoms with Crippen molar-refractivity contribution in [2.24, 2.45) is 11.8 Å². The van der Waals surface area contributed by atoms with Crippen LogP contribution in [0.15, 0.2) is 12.4 Å². The number of rotatable bonds is 5. The van der Waals surface area contributed by atoms with E-state index in [9.17, 15) is 4.79 Å². The quantitative estimate of drug-likeness (QED) is 0.860. The molecule has 7 heteroatoms. The van der Waals surface area contributed by atoms with Gasteiger partial charge in [0.05, 0.1) is 13.1 Å². The highest BCUT2D eigenvalue weighted by atomic mass is 16.5. The number of nitrogens with one attached hydrogen (secondary N) is 1. The van der Waals surface area contributed by atoms with Crippen LogP contribution in [0.5, 0.6) is 0 Å². The number of anilines is 1. The van der Waals surface area contributed by atoms with Gasteiger partial charge in [0.25, 0.3) is 0 Å². The first-order valence-corrected chi connectivity index (χ1v) is 9.69. The van der Waals surface area contributed by atoms with Gasteiger partial charge >= 0.3 is 0 Å². The van der Waals surface area contributed by atoms with Crippen molar-refractivity contribution >= 4 is 11.9 Å². The zero-order valence-electron chi connectivity index (χ0n) is 15.4. The van der Waals surface area contributed by atoms with Gasteiger partial charge in [0.2, 0.25) is 11.9 Å². The maximum atomic E-state index is 12.6. The first-order chi connectivity index (χ1) is 12.7. The van der Waals surface area contributed by atoms with E-state index in [0.717, 1.165) is 57.5 Å². The lowest BCUT2D eigenvalue weighted by atomic mass is 9.78. The number of aromatic nitrogens is 2. The summed E-state index contributed by atoms with van der Waals surface area (Å²) in [7, 11) is 0. The van der Waals surface area contributed by atoms with Gasteiger partial charge in [-0.05, 0) is 44.1 Å². The molecule has 0 unspecified atom stereocenters. The van der Waals surface area contributed by atoms with Gasteiger partial charge in [0.15, 0.2) is 0 Å². The van der Waals surface area contributed by atoms with Crippen molar-refractivity contribution in [3.05, 3.63) is 18.0 Å². The lowest BCUT2D eigenvalue weighted by Crippen LogP contribution is -2.67. The van der Waals surface area contributed by atoms with Gasteiger partial charge in [0, 0.05) is 44.7 Å². The van der Waals surface area contributed by atoms with Crippen LogP contribution in [-0.4, -0.2) is 65.8 Å². The van der Waals surface area contributed by atoms with Crippen LogP contribution in [0.1, 0.15) is 31.2 Å². The molecule has 0 radical (unpaired) electrons. The van der Waals surface area contributed by atoms with E-state index < -0.39 is 0 Å². The molecule has 1 aromatic heterocycles. The minimum Gasteiger partial charge on any atom is -0.381 e. The van der Waals surface area contributed by atoms with Gasteiger partial charge in [0.1, 0.15) is 5.60 Å². The lowest BCUT2D eigenvalue weighted by Gasteiger charge is -2.51. The summed E-state index contributed by atoms with van der Waals surface area (Å²) in [6.07, 6.45) is 7.43. The highest BCUT2D eigenvalue weighted by Gasteiger charge is 2.54. The first kappa shape index (κ1) is 17.7. The summed E-state index contributed by atoms with van der Waals surface area (Å²) in [5, 5.41) is 3.30. The van der Waals surface area contributed by atoms with E-state index in [1.165, 1.54) is 0 Å². The Bertz CT molecular complexity index is 624. The number of carbonyl (C=O) groups excluding carboxylic acids is 1. The van der Waals surface area contributed by atoms with Crippen LogP contribution in [0.4, 0.5) is 5.95 Å². The molecule has 3 aliphatic rings. The van der Waals surface area contributed by atoms with E-state index in [2.05, 4.69) is 15.3 Å². The maximum Gasteiger partial charge on any atom is 0.226 e. The summed E-state index contributed by atoms with van der Waals surface area (Å²) in [6, 6.07) is 0. The molecule has 0 bridgehead atoms. The van der Waals surface area contributed by atoms with Gasteiger partial charge in [-0.2, -0.15) is 0 Å². The second-order valence-corrected chi connectivity index (χ2v) is 7.78. The normalized spacial score (nSPS) is 25.3. The Morgan fingerprint density at radius 2 is 1.96 bits per heavy atom. The number of nitrogens with zero attached hydrogens (tertiary/aromatic N) is 3. The van der Waals surface area contributed by atoms with Crippen molar-refractivity contribution in [1.82, 2.24) is 14.9 Å². The summed E-state index contributed by atoms with van der Waals surface area (Å²) in [5.41, 5.74) is 0.929. The number of ether oxygens (including phenoxy) is 2. The van der Waals surface area contributed by atoms with Gasteiger partial charge in [-0.15, -0.1) is 0 Å². The molecule has 1 N–H and O–H groups in total. The molecule has 3 aliphatic heterocycles. The van der Waals surface area contributed by atoms with Crippen LogP contribution in [0.3, 0.4) is 0 Å². The van der Waals surface area contributed by atoms with Crippen molar-refractivity contribution in [3.8, 4) is 0 Å². The van der Waals surface area contributed by atoms with E-state index in [-0.39, 0.29) is 11.5 Å². The van der Waals surface area contributed by atoms with Crippen LogP contribution < -0.4 is 5.32 Å². The molecule has 1 aromatic rings. The second kappa shape index (κ2) is 7.48. The van der Waals surface area contributed by atoms with E-state index in [4.69, 9.17) is 9.47 Å². The van der Waals surface area contributed by atoms with Gasteiger partial charge < -0.3 is 19.7 Å².